The summed E-state index contributed by atoms with van der Waals surface area (Å²) in [6, 6.07) is 5.72. The Kier molecular flexibility index (Phi) is 7.18. The van der Waals surface area contributed by atoms with Gasteiger partial charge in [-0.1, -0.05) is 36.2 Å². The highest BCUT2D eigenvalue weighted by Gasteiger charge is 2.45. The van der Waals surface area contributed by atoms with E-state index in [9.17, 15) is 0 Å². The van der Waals surface area contributed by atoms with Crippen molar-refractivity contribution in [1.82, 2.24) is 29.7 Å². The van der Waals surface area contributed by atoms with Crippen LogP contribution in [-0.2, 0) is 10.3 Å². The number of fused-ring (bicyclic) bond motifs is 2. The van der Waals surface area contributed by atoms with Crippen molar-refractivity contribution < 1.29 is 9.47 Å². The zero-order chi connectivity index (χ0) is 25.3. The van der Waals surface area contributed by atoms with E-state index in [0.717, 1.165) is 37.2 Å². The van der Waals surface area contributed by atoms with Gasteiger partial charge in [-0.3, -0.25) is 9.29 Å². The zero-order valence-electron chi connectivity index (χ0n) is 20.8. The highest BCUT2D eigenvalue weighted by molar-refractivity contribution is 8.01. The predicted molar refractivity (Wildman–Crippen MR) is 141 cm³/mol. The average molecular weight is 528 g/mol. The maximum absolute atomic E-state index is 5.97. The third-order valence-corrected chi connectivity index (χ3v) is 7.99. The summed E-state index contributed by atoms with van der Waals surface area (Å²) in [5.41, 5.74) is 2.12. The Labute approximate surface area is 220 Å². The Balaban J connectivity index is 1.46. The van der Waals surface area contributed by atoms with Gasteiger partial charge >= 0.3 is 0 Å². The van der Waals surface area contributed by atoms with Gasteiger partial charge < -0.3 is 9.47 Å². The van der Waals surface area contributed by atoms with Gasteiger partial charge in [-0.05, 0) is 56.5 Å². The normalized spacial score (nSPS) is 22.7. The van der Waals surface area contributed by atoms with Crippen molar-refractivity contribution in [1.29, 1.82) is 0 Å². The van der Waals surface area contributed by atoms with Crippen molar-refractivity contribution in [2.45, 2.75) is 56.4 Å². The van der Waals surface area contributed by atoms with Crippen LogP contribution in [-0.4, -0.2) is 49.2 Å². The lowest BCUT2D eigenvalue weighted by Gasteiger charge is -2.39. The molecule has 3 aromatic rings. The summed E-state index contributed by atoms with van der Waals surface area (Å²) in [7, 11) is 3.27. The first-order chi connectivity index (χ1) is 17.4. The summed E-state index contributed by atoms with van der Waals surface area (Å²) < 4.78 is 16.8. The molecule has 2 bridgehead atoms. The summed E-state index contributed by atoms with van der Waals surface area (Å²) in [6.45, 7) is 4.38. The summed E-state index contributed by atoms with van der Waals surface area (Å²) in [5, 5.41) is 9.66. The molecule has 0 radical (unpaired) electrons. The van der Waals surface area contributed by atoms with Crippen LogP contribution >= 0.6 is 23.5 Å². The molecule has 4 unspecified atom stereocenters. The van der Waals surface area contributed by atoms with Gasteiger partial charge in [0.15, 0.2) is 11.6 Å². The van der Waals surface area contributed by atoms with E-state index in [1.165, 1.54) is 17.5 Å². The van der Waals surface area contributed by atoms with E-state index in [4.69, 9.17) is 21.1 Å². The predicted octanol–water partition coefficient (Wildman–Crippen LogP) is 5.47. The first-order valence-electron chi connectivity index (χ1n) is 12.0. The maximum Gasteiger partial charge on any atom is 0.235 e. The Bertz CT molecular complexity index is 1250. The van der Waals surface area contributed by atoms with Crippen molar-refractivity contribution in [2.75, 3.05) is 18.9 Å². The van der Waals surface area contributed by atoms with Crippen molar-refractivity contribution in [3.05, 3.63) is 53.1 Å². The molecule has 0 spiro atoms. The number of nitrogens with one attached hydrogen (secondary N) is 1. The van der Waals surface area contributed by atoms with Crippen LogP contribution in [0.1, 0.15) is 51.5 Å². The van der Waals surface area contributed by atoms with Gasteiger partial charge in [0.2, 0.25) is 11.8 Å². The van der Waals surface area contributed by atoms with Crippen LogP contribution in [0.4, 0.5) is 5.95 Å². The van der Waals surface area contributed by atoms with Gasteiger partial charge in [0.05, 0.1) is 22.9 Å². The van der Waals surface area contributed by atoms with E-state index in [1.54, 1.807) is 26.6 Å². The lowest BCUT2D eigenvalue weighted by Crippen LogP contribution is -2.37. The molecule has 0 amide bonds. The minimum Gasteiger partial charge on any atom is -0.481 e. The third-order valence-electron chi connectivity index (χ3n) is 6.88. The summed E-state index contributed by atoms with van der Waals surface area (Å²) in [6.07, 6.45) is 9.39. The van der Waals surface area contributed by atoms with Crippen LogP contribution in [0.3, 0.4) is 0 Å². The van der Waals surface area contributed by atoms with E-state index in [-0.39, 0.29) is 16.9 Å². The Morgan fingerprint density at radius 2 is 2.03 bits per heavy atom. The molecule has 9 nitrogen and oxygen atoms in total. The number of anilines is 1. The molecule has 3 aromatic heterocycles. The molecule has 2 aliphatic rings. The molecule has 190 valence electrons. The molecule has 1 fully saturated rings. The molecule has 3 heterocycles. The molecule has 36 heavy (non-hydrogen) atoms. The fourth-order valence-electron chi connectivity index (χ4n) is 5.44. The molecule has 0 saturated heterocycles. The molecule has 1 saturated carbocycles. The number of allylic oxidation sites excluding steroid dienone is 2. The van der Waals surface area contributed by atoms with Crippen molar-refractivity contribution in [3.8, 4) is 17.4 Å². The van der Waals surface area contributed by atoms with E-state index < -0.39 is 0 Å². The topological polar surface area (TPSA) is 99.9 Å². The monoisotopic (exact) mass is 527 g/mol. The van der Waals surface area contributed by atoms with Gasteiger partial charge in [0, 0.05) is 25.6 Å². The van der Waals surface area contributed by atoms with Crippen molar-refractivity contribution in [2.24, 2.45) is 5.92 Å². The Hall–Kier alpha value is -2.69. The first kappa shape index (κ1) is 25.0. The second-order valence-electron chi connectivity index (χ2n) is 9.57. The first-order valence-corrected chi connectivity index (χ1v) is 13.3. The van der Waals surface area contributed by atoms with Gasteiger partial charge in [0.25, 0.3) is 0 Å². The van der Waals surface area contributed by atoms with Gasteiger partial charge in [-0.25, -0.2) is 15.0 Å². The van der Waals surface area contributed by atoms with Crippen LogP contribution in [0, 0.1) is 5.92 Å². The average Bonchev–Trinajstić information content (AvgIpc) is 3.45. The standard InChI is InChI=1S/C25H30ClN7O2S/c1-15-10-17-8-9-25(11-15,12-17)33-23(19-6-5-7-20(29-19)34-3)30-31-24(33)32-36-16(2)21(35-4)22-27-13-18(26)14-28-22/h5-8,13-16,21H,9-12H2,1-4H3,(H,31,32). The lowest BCUT2D eigenvalue weighted by molar-refractivity contribution is 0.0972. The molecule has 5 rings (SSSR count). The third kappa shape index (κ3) is 4.81. The SMILES string of the molecule is COc1cccc(-c2nnc(NSC(C)C(OC)c3ncc(Cl)cn3)n2C23CC=C(CC(C)C2)C3)n1. The number of pyridine rings is 1. The second-order valence-corrected chi connectivity index (χ2v) is 11.2. The number of halogens is 1. The smallest absolute Gasteiger partial charge is 0.235 e. The molecule has 4 atom stereocenters. The minimum absolute atomic E-state index is 0.0280. The van der Waals surface area contributed by atoms with Crippen LogP contribution in [0.15, 0.2) is 42.2 Å². The number of aromatic nitrogens is 6. The highest BCUT2D eigenvalue weighted by Crippen LogP contribution is 2.51. The number of nitrogens with zero attached hydrogens (tertiary/aromatic N) is 6. The second kappa shape index (κ2) is 10.4. The summed E-state index contributed by atoms with van der Waals surface area (Å²) in [5.74, 6) is 3.14. The van der Waals surface area contributed by atoms with Crippen LogP contribution in [0.25, 0.3) is 11.5 Å². The quantitative estimate of drug-likeness (QED) is 0.286. The number of hydrogen-bond donors (Lipinski definition) is 1. The van der Waals surface area contributed by atoms with E-state index >= 15 is 0 Å². The van der Waals surface area contributed by atoms with Crippen LogP contribution < -0.4 is 9.46 Å². The fraction of sp³-hybridized carbons (Fsp3) is 0.480. The summed E-state index contributed by atoms with van der Waals surface area (Å²) in [4.78, 5) is 13.4. The molecule has 0 aromatic carbocycles. The van der Waals surface area contributed by atoms with Gasteiger partial charge in [-0.15, -0.1) is 10.2 Å². The van der Waals surface area contributed by atoms with E-state index in [1.807, 2.05) is 18.2 Å². The van der Waals surface area contributed by atoms with E-state index in [0.29, 0.717) is 28.6 Å². The minimum atomic E-state index is -0.330. The summed E-state index contributed by atoms with van der Waals surface area (Å²) >= 11 is 7.47. The number of rotatable bonds is 9. The van der Waals surface area contributed by atoms with Gasteiger partial charge in [-0.2, -0.15) is 0 Å². The number of ether oxygens (including phenoxy) is 2. The number of methoxy groups -OCH3 is 2. The van der Waals surface area contributed by atoms with Crippen LogP contribution in [0.2, 0.25) is 5.02 Å². The van der Waals surface area contributed by atoms with Gasteiger partial charge in [0.1, 0.15) is 11.8 Å². The Morgan fingerprint density at radius 3 is 2.78 bits per heavy atom. The molecule has 11 heteroatoms. The Morgan fingerprint density at radius 1 is 1.22 bits per heavy atom. The maximum atomic E-state index is 5.97. The zero-order valence-corrected chi connectivity index (χ0v) is 22.4. The molecule has 2 aliphatic carbocycles. The van der Waals surface area contributed by atoms with Crippen molar-refractivity contribution in [3.63, 3.8) is 0 Å². The lowest BCUT2D eigenvalue weighted by atomic mass is 9.77. The van der Waals surface area contributed by atoms with E-state index in [2.05, 4.69) is 54.4 Å². The molecule has 1 N–H and O–H groups in total. The number of hydrogen-bond acceptors (Lipinski definition) is 9. The highest BCUT2D eigenvalue weighted by atomic mass is 35.5. The largest absolute Gasteiger partial charge is 0.481 e. The van der Waals surface area contributed by atoms with Crippen LogP contribution in [0.5, 0.6) is 5.88 Å². The molecule has 0 aliphatic heterocycles. The molecular formula is C25H30ClN7O2S. The van der Waals surface area contributed by atoms with Crippen molar-refractivity contribution >= 4 is 29.5 Å². The fourth-order valence-corrected chi connectivity index (χ4v) is 6.32. The molecular weight excluding hydrogens is 498 g/mol.